The molecule has 0 unspecified atom stereocenters. The highest BCUT2D eigenvalue weighted by Crippen LogP contribution is 2.02. The number of hydrogen-bond acceptors (Lipinski definition) is 6. The number of methoxy groups -OCH3 is 2. The van der Waals surface area contributed by atoms with Crippen molar-refractivity contribution in [1.82, 2.24) is 5.32 Å². The fourth-order valence-electron chi connectivity index (χ4n) is 1.32. The van der Waals surface area contributed by atoms with E-state index in [1.54, 1.807) is 0 Å². The van der Waals surface area contributed by atoms with Crippen molar-refractivity contribution in [2.75, 3.05) is 14.2 Å². The lowest BCUT2D eigenvalue weighted by Gasteiger charge is -2.15. The Hall–Kier alpha value is -1.92. The summed E-state index contributed by atoms with van der Waals surface area (Å²) in [4.78, 5) is 44.7. The van der Waals surface area contributed by atoms with Gasteiger partial charge in [-0.2, -0.15) is 0 Å². The van der Waals surface area contributed by atoms with Gasteiger partial charge in [0.15, 0.2) is 0 Å². The van der Waals surface area contributed by atoms with Crippen molar-refractivity contribution < 1.29 is 28.7 Å². The first-order chi connectivity index (χ1) is 8.90. The lowest BCUT2D eigenvalue weighted by Crippen LogP contribution is -2.41. The molecule has 0 spiro atoms. The highest BCUT2D eigenvalue weighted by Gasteiger charge is 2.22. The van der Waals surface area contributed by atoms with Gasteiger partial charge in [0.25, 0.3) is 0 Å². The molecule has 0 saturated heterocycles. The van der Waals surface area contributed by atoms with E-state index in [1.807, 2.05) is 0 Å². The number of carbonyl (C=O) groups is 4. The highest BCUT2D eigenvalue weighted by atomic mass is 16.5. The third-order valence-corrected chi connectivity index (χ3v) is 2.39. The second kappa shape index (κ2) is 9.07. The van der Waals surface area contributed by atoms with Crippen LogP contribution in [0.15, 0.2) is 0 Å². The van der Waals surface area contributed by atoms with E-state index < -0.39 is 23.9 Å². The molecule has 108 valence electrons. The Labute approximate surface area is 111 Å². The molecule has 0 aromatic rings. The molecule has 1 atom stereocenters. The Kier molecular flexibility index (Phi) is 8.15. The molecule has 7 heteroatoms. The summed E-state index contributed by atoms with van der Waals surface area (Å²) in [6.45, 7) is 1.40. The number of rotatable bonds is 8. The normalized spacial score (nSPS) is 11.3. The van der Waals surface area contributed by atoms with Crippen molar-refractivity contribution >= 4 is 23.6 Å². The molecule has 7 nitrogen and oxygen atoms in total. The summed E-state index contributed by atoms with van der Waals surface area (Å²) in [6.07, 6.45) is 0.187. The maximum absolute atomic E-state index is 11.5. The summed E-state index contributed by atoms with van der Waals surface area (Å²) in [6, 6.07) is -0.876. The van der Waals surface area contributed by atoms with Crippen LogP contribution < -0.4 is 5.32 Å². The van der Waals surface area contributed by atoms with Crippen LogP contribution in [0.1, 0.15) is 32.6 Å². The third-order valence-electron chi connectivity index (χ3n) is 2.39. The fraction of sp³-hybridized carbons (Fsp3) is 0.667. The zero-order chi connectivity index (χ0) is 14.8. The van der Waals surface area contributed by atoms with Crippen LogP contribution in [0.5, 0.6) is 0 Å². The van der Waals surface area contributed by atoms with Crippen LogP contribution in [0, 0.1) is 0 Å². The molecule has 0 heterocycles. The molecule has 19 heavy (non-hydrogen) atoms. The Bertz CT molecular complexity index is 352. The van der Waals surface area contributed by atoms with Gasteiger partial charge < -0.3 is 19.6 Å². The molecule has 0 radical (unpaired) electrons. The maximum Gasteiger partial charge on any atom is 0.328 e. The van der Waals surface area contributed by atoms with Crippen LogP contribution in [-0.2, 0) is 28.7 Å². The molecule has 0 saturated carbocycles. The van der Waals surface area contributed by atoms with Crippen molar-refractivity contribution in [2.45, 2.75) is 38.6 Å². The van der Waals surface area contributed by atoms with Crippen LogP contribution in [0.2, 0.25) is 0 Å². The maximum atomic E-state index is 11.5. The van der Waals surface area contributed by atoms with Crippen molar-refractivity contribution in [1.29, 1.82) is 0 Å². The Balaban J connectivity index is 4.30. The molecule has 0 aliphatic heterocycles. The predicted octanol–water partition coefficient (Wildman–Crippen LogP) is -0.0334. The van der Waals surface area contributed by atoms with Crippen LogP contribution in [0.4, 0.5) is 0 Å². The lowest BCUT2D eigenvalue weighted by molar-refractivity contribution is -0.145. The second-order valence-electron chi connectivity index (χ2n) is 3.96. The summed E-state index contributed by atoms with van der Waals surface area (Å²) in [5.41, 5.74) is 0. The number of carbonyl (C=O) groups excluding carboxylic acids is 4. The summed E-state index contributed by atoms with van der Waals surface area (Å²) >= 11 is 0. The molecular formula is C12H19NO6. The molecule has 0 aliphatic rings. The Morgan fingerprint density at radius 2 is 1.63 bits per heavy atom. The smallest absolute Gasteiger partial charge is 0.328 e. The number of esters is 2. The molecular weight excluding hydrogens is 254 g/mol. The van der Waals surface area contributed by atoms with Gasteiger partial charge in [0.2, 0.25) is 5.91 Å². The van der Waals surface area contributed by atoms with E-state index in [9.17, 15) is 19.2 Å². The summed E-state index contributed by atoms with van der Waals surface area (Å²) in [5, 5.41) is 2.43. The molecule has 1 N–H and O–H groups in total. The first-order valence-electron chi connectivity index (χ1n) is 5.84. The molecule has 0 bridgehead atoms. The van der Waals surface area contributed by atoms with Crippen molar-refractivity contribution in [2.24, 2.45) is 0 Å². The zero-order valence-corrected chi connectivity index (χ0v) is 11.4. The number of hydrogen-bond donors (Lipinski definition) is 1. The average molecular weight is 273 g/mol. The van der Waals surface area contributed by atoms with Gasteiger partial charge in [0.05, 0.1) is 20.6 Å². The average Bonchev–Trinajstić information content (AvgIpc) is 2.39. The molecule has 0 rings (SSSR count). The molecule has 0 aromatic carbocycles. The summed E-state index contributed by atoms with van der Waals surface area (Å²) in [5.74, 6) is -1.68. The quantitative estimate of drug-likeness (QED) is 0.623. The van der Waals surface area contributed by atoms with E-state index in [4.69, 9.17) is 0 Å². The molecule has 0 fully saturated rings. The van der Waals surface area contributed by atoms with Crippen LogP contribution >= 0.6 is 0 Å². The first-order valence-corrected chi connectivity index (χ1v) is 5.84. The number of ketones is 1. The molecule has 1 amide bonds. The predicted molar refractivity (Wildman–Crippen MR) is 65.1 cm³/mol. The number of Topliss-reactive ketones (excluding diaryl/α,β-unsaturated/α-hetero) is 1. The topological polar surface area (TPSA) is 98.8 Å². The van der Waals surface area contributed by atoms with Gasteiger partial charge >= 0.3 is 11.9 Å². The summed E-state index contributed by atoms with van der Waals surface area (Å²) in [7, 11) is 2.42. The van der Waals surface area contributed by atoms with Gasteiger partial charge in [-0.05, 0) is 13.3 Å². The van der Waals surface area contributed by atoms with Crippen molar-refractivity contribution in [3.8, 4) is 0 Å². The van der Waals surface area contributed by atoms with Gasteiger partial charge in [-0.25, -0.2) is 4.79 Å². The minimum absolute atomic E-state index is 0.0665. The summed E-state index contributed by atoms with van der Waals surface area (Å²) < 4.78 is 8.93. The minimum Gasteiger partial charge on any atom is -0.469 e. The molecule has 0 aliphatic carbocycles. The van der Waals surface area contributed by atoms with Crippen LogP contribution in [0.3, 0.4) is 0 Å². The Morgan fingerprint density at radius 3 is 2.11 bits per heavy atom. The fourth-order valence-corrected chi connectivity index (χ4v) is 1.32. The van der Waals surface area contributed by atoms with E-state index in [2.05, 4.69) is 14.8 Å². The van der Waals surface area contributed by atoms with Gasteiger partial charge in [0.1, 0.15) is 11.8 Å². The largest absolute Gasteiger partial charge is 0.469 e. The van der Waals surface area contributed by atoms with Crippen LogP contribution in [-0.4, -0.2) is 43.9 Å². The lowest BCUT2D eigenvalue weighted by atomic mass is 10.1. The third kappa shape index (κ3) is 7.91. The SMILES string of the molecule is COC(=O)CCC(=O)N[C@H](CCC(C)=O)C(=O)OC. The van der Waals surface area contributed by atoms with Crippen LogP contribution in [0.25, 0.3) is 0 Å². The van der Waals surface area contributed by atoms with Crippen molar-refractivity contribution in [3.05, 3.63) is 0 Å². The van der Waals surface area contributed by atoms with E-state index >= 15 is 0 Å². The first kappa shape index (κ1) is 17.1. The monoisotopic (exact) mass is 273 g/mol. The van der Waals surface area contributed by atoms with Gasteiger partial charge in [-0.1, -0.05) is 0 Å². The number of ether oxygens (including phenoxy) is 2. The van der Waals surface area contributed by atoms with Gasteiger partial charge in [-0.15, -0.1) is 0 Å². The Morgan fingerprint density at radius 1 is 1.00 bits per heavy atom. The van der Waals surface area contributed by atoms with E-state index in [1.165, 1.54) is 21.1 Å². The molecule has 0 aromatic heterocycles. The zero-order valence-electron chi connectivity index (χ0n) is 11.4. The number of amides is 1. The van der Waals surface area contributed by atoms with E-state index in [0.29, 0.717) is 0 Å². The standard InChI is InChI=1S/C12H19NO6/c1-8(14)4-5-9(12(17)19-3)13-10(15)6-7-11(16)18-2/h9H,4-7H2,1-3H3,(H,13,15)/t9-/m1/s1. The van der Waals surface area contributed by atoms with Gasteiger partial charge in [-0.3, -0.25) is 9.59 Å². The highest BCUT2D eigenvalue weighted by molar-refractivity contribution is 5.86. The minimum atomic E-state index is -0.876. The van der Waals surface area contributed by atoms with Gasteiger partial charge in [0, 0.05) is 12.8 Å². The number of nitrogens with one attached hydrogen (secondary N) is 1. The van der Waals surface area contributed by atoms with E-state index in [0.717, 1.165) is 0 Å². The second-order valence-corrected chi connectivity index (χ2v) is 3.96. The van der Waals surface area contributed by atoms with E-state index in [-0.39, 0.29) is 31.5 Å². The van der Waals surface area contributed by atoms with Crippen molar-refractivity contribution in [3.63, 3.8) is 0 Å².